The van der Waals surface area contributed by atoms with Crippen molar-refractivity contribution in [3.8, 4) is 0 Å². The Kier molecular flexibility index (Phi) is 5.49. The number of hydrogen-bond donors (Lipinski definition) is 1. The number of ether oxygens (including phenoxy) is 1. The molecule has 1 atom stereocenters. The smallest absolute Gasteiger partial charge is 0.328 e. The number of aromatic nitrogens is 1. The number of hydrogen-bond acceptors (Lipinski definition) is 4. The van der Waals surface area contributed by atoms with Crippen LogP contribution in [0.3, 0.4) is 0 Å². The summed E-state index contributed by atoms with van der Waals surface area (Å²) in [6, 6.07) is 15.3. The summed E-state index contributed by atoms with van der Waals surface area (Å²) in [6.07, 6.45) is 1.90. The molecule has 3 aromatic rings. The Balaban J connectivity index is 1.86. The van der Waals surface area contributed by atoms with E-state index in [4.69, 9.17) is 16.3 Å². The fraction of sp³-hybridized carbons (Fsp3) is 0.150. The molecule has 0 aliphatic carbocycles. The van der Waals surface area contributed by atoms with E-state index in [0.717, 1.165) is 10.9 Å². The lowest BCUT2D eigenvalue weighted by molar-refractivity contribution is -0.142. The van der Waals surface area contributed by atoms with Gasteiger partial charge in [0.1, 0.15) is 6.04 Å². The number of methoxy groups -OCH3 is 1. The number of nitrogens with one attached hydrogen (secondary N) is 1. The summed E-state index contributed by atoms with van der Waals surface area (Å²) in [7, 11) is 1.29. The lowest BCUT2D eigenvalue weighted by atomic mass is 10.0. The molecule has 0 unspecified atom stereocenters. The zero-order valence-corrected chi connectivity index (χ0v) is 14.9. The second kappa shape index (κ2) is 7.97. The third-order valence-corrected chi connectivity index (χ3v) is 4.23. The van der Waals surface area contributed by atoms with E-state index in [9.17, 15) is 9.59 Å². The van der Waals surface area contributed by atoms with Crippen molar-refractivity contribution < 1.29 is 14.3 Å². The van der Waals surface area contributed by atoms with Crippen LogP contribution in [0.1, 0.15) is 15.9 Å². The quantitative estimate of drug-likeness (QED) is 0.701. The molecule has 0 saturated carbocycles. The van der Waals surface area contributed by atoms with Crippen LogP contribution in [0, 0.1) is 0 Å². The number of carbonyl (C=O) groups excluding carboxylic acids is 2. The van der Waals surface area contributed by atoms with E-state index in [0.29, 0.717) is 16.1 Å². The molecular weight excluding hydrogens is 352 g/mol. The maximum atomic E-state index is 12.8. The van der Waals surface area contributed by atoms with Crippen LogP contribution >= 0.6 is 11.6 Å². The van der Waals surface area contributed by atoms with E-state index in [1.165, 1.54) is 7.11 Å². The van der Waals surface area contributed by atoms with E-state index >= 15 is 0 Å². The largest absolute Gasteiger partial charge is 0.467 e. The fourth-order valence-electron chi connectivity index (χ4n) is 2.76. The number of rotatable bonds is 5. The molecule has 1 heterocycles. The van der Waals surface area contributed by atoms with Gasteiger partial charge in [0.2, 0.25) is 0 Å². The Bertz CT molecular complexity index is 953. The Labute approximate surface area is 156 Å². The van der Waals surface area contributed by atoms with Gasteiger partial charge in [-0.3, -0.25) is 9.78 Å². The number of esters is 1. The number of carbonyl (C=O) groups is 2. The van der Waals surface area contributed by atoms with Crippen molar-refractivity contribution >= 4 is 34.4 Å². The van der Waals surface area contributed by atoms with Crippen molar-refractivity contribution in [2.24, 2.45) is 0 Å². The molecule has 1 N–H and O–H groups in total. The molecule has 5 nitrogen and oxygen atoms in total. The van der Waals surface area contributed by atoms with Gasteiger partial charge in [-0.2, -0.15) is 0 Å². The summed E-state index contributed by atoms with van der Waals surface area (Å²) in [5.41, 5.74) is 1.81. The van der Waals surface area contributed by atoms with Gasteiger partial charge in [0.25, 0.3) is 5.91 Å². The van der Waals surface area contributed by atoms with Gasteiger partial charge in [-0.15, -0.1) is 0 Å². The van der Waals surface area contributed by atoms with Gasteiger partial charge in [0, 0.05) is 23.0 Å². The van der Waals surface area contributed by atoms with E-state index in [1.54, 1.807) is 42.6 Å². The van der Waals surface area contributed by atoms with Crippen LogP contribution in [0.15, 0.2) is 60.8 Å². The van der Waals surface area contributed by atoms with E-state index < -0.39 is 12.0 Å². The van der Waals surface area contributed by atoms with E-state index in [2.05, 4.69) is 10.3 Å². The number of nitrogens with zero attached hydrogens (tertiary/aromatic N) is 1. The number of halogens is 1. The van der Waals surface area contributed by atoms with Crippen LogP contribution in [0.2, 0.25) is 5.02 Å². The first kappa shape index (κ1) is 17.9. The minimum atomic E-state index is -0.829. The molecule has 26 heavy (non-hydrogen) atoms. The number of amides is 1. The Hall–Kier alpha value is -2.92. The van der Waals surface area contributed by atoms with Crippen LogP contribution in [0.4, 0.5) is 0 Å². The molecule has 1 amide bonds. The zero-order valence-electron chi connectivity index (χ0n) is 14.1. The average Bonchev–Trinajstić information content (AvgIpc) is 2.66. The molecule has 2 aromatic carbocycles. The lowest BCUT2D eigenvalue weighted by Gasteiger charge is -2.17. The van der Waals surface area contributed by atoms with Gasteiger partial charge in [-0.1, -0.05) is 41.9 Å². The molecule has 0 radical (unpaired) electrons. The zero-order chi connectivity index (χ0) is 18.5. The molecule has 0 aliphatic heterocycles. The van der Waals surface area contributed by atoms with Crippen molar-refractivity contribution in [3.63, 3.8) is 0 Å². The maximum Gasteiger partial charge on any atom is 0.328 e. The van der Waals surface area contributed by atoms with Gasteiger partial charge in [0.15, 0.2) is 0 Å². The summed E-state index contributed by atoms with van der Waals surface area (Å²) in [6.45, 7) is 0. The van der Waals surface area contributed by atoms with Crippen molar-refractivity contribution in [1.82, 2.24) is 10.3 Å². The van der Waals surface area contributed by atoms with Crippen molar-refractivity contribution in [1.29, 1.82) is 0 Å². The molecule has 6 heteroatoms. The molecule has 3 rings (SSSR count). The van der Waals surface area contributed by atoms with Crippen molar-refractivity contribution in [2.45, 2.75) is 12.5 Å². The Morgan fingerprint density at radius 1 is 1.15 bits per heavy atom. The number of pyridine rings is 1. The molecular formula is C20H17ClN2O3. The summed E-state index contributed by atoms with van der Waals surface area (Å²) in [4.78, 5) is 29.2. The SMILES string of the molecule is COC(=O)[C@H](Cc1cccc(Cl)c1)NC(=O)c1cccc2cccnc12. The number of benzene rings is 2. The van der Waals surface area contributed by atoms with Gasteiger partial charge in [-0.05, 0) is 29.8 Å². The third kappa shape index (κ3) is 4.00. The minimum absolute atomic E-state index is 0.275. The topological polar surface area (TPSA) is 68.3 Å². The summed E-state index contributed by atoms with van der Waals surface area (Å²) >= 11 is 6.00. The predicted molar refractivity (Wildman–Crippen MR) is 100 cm³/mol. The second-order valence-electron chi connectivity index (χ2n) is 5.76. The first-order valence-electron chi connectivity index (χ1n) is 8.05. The molecule has 132 valence electrons. The first-order chi connectivity index (χ1) is 12.6. The van der Waals surface area contributed by atoms with E-state index in [1.807, 2.05) is 18.2 Å². The van der Waals surface area contributed by atoms with Crippen LogP contribution in [0.5, 0.6) is 0 Å². The molecule has 0 spiro atoms. The van der Waals surface area contributed by atoms with Crippen LogP contribution in [-0.4, -0.2) is 30.0 Å². The van der Waals surface area contributed by atoms with Crippen LogP contribution < -0.4 is 5.32 Å². The average molecular weight is 369 g/mol. The second-order valence-corrected chi connectivity index (χ2v) is 6.20. The highest BCUT2D eigenvalue weighted by molar-refractivity contribution is 6.30. The lowest BCUT2D eigenvalue weighted by Crippen LogP contribution is -2.43. The first-order valence-corrected chi connectivity index (χ1v) is 8.43. The predicted octanol–water partition coefficient (Wildman–Crippen LogP) is 3.40. The third-order valence-electron chi connectivity index (χ3n) is 4.00. The molecule has 0 bridgehead atoms. The molecule has 1 aromatic heterocycles. The van der Waals surface area contributed by atoms with Crippen LogP contribution in [-0.2, 0) is 16.0 Å². The monoisotopic (exact) mass is 368 g/mol. The fourth-order valence-corrected chi connectivity index (χ4v) is 2.97. The normalized spacial score (nSPS) is 11.8. The van der Waals surface area contributed by atoms with Crippen molar-refractivity contribution in [3.05, 3.63) is 76.9 Å². The summed E-state index contributed by atoms with van der Waals surface area (Å²) < 4.78 is 4.84. The summed E-state index contributed by atoms with van der Waals surface area (Å²) in [5.74, 6) is -0.904. The van der Waals surface area contributed by atoms with Gasteiger partial charge >= 0.3 is 5.97 Å². The number of fused-ring (bicyclic) bond motifs is 1. The summed E-state index contributed by atoms with van der Waals surface area (Å²) in [5, 5.41) is 4.16. The standard InChI is InChI=1S/C20H17ClN2O3/c1-26-20(25)17(12-13-5-2-8-15(21)11-13)23-19(24)16-9-3-6-14-7-4-10-22-18(14)16/h2-11,17H,12H2,1H3,(H,23,24)/t17-/m0/s1. The van der Waals surface area contributed by atoms with E-state index in [-0.39, 0.29) is 12.3 Å². The molecule has 0 aliphatic rings. The Morgan fingerprint density at radius 3 is 2.69 bits per heavy atom. The minimum Gasteiger partial charge on any atom is -0.467 e. The maximum absolute atomic E-state index is 12.8. The number of para-hydroxylation sites is 1. The van der Waals surface area contributed by atoms with Gasteiger partial charge in [-0.25, -0.2) is 4.79 Å². The Morgan fingerprint density at radius 2 is 1.92 bits per heavy atom. The highest BCUT2D eigenvalue weighted by Crippen LogP contribution is 2.17. The van der Waals surface area contributed by atoms with Gasteiger partial charge < -0.3 is 10.1 Å². The van der Waals surface area contributed by atoms with Crippen molar-refractivity contribution in [2.75, 3.05) is 7.11 Å². The highest BCUT2D eigenvalue weighted by atomic mass is 35.5. The molecule has 0 fully saturated rings. The highest BCUT2D eigenvalue weighted by Gasteiger charge is 2.23. The van der Waals surface area contributed by atoms with Gasteiger partial charge in [0.05, 0.1) is 18.2 Å². The molecule has 0 saturated heterocycles. The van der Waals surface area contributed by atoms with Crippen LogP contribution in [0.25, 0.3) is 10.9 Å².